The van der Waals surface area contributed by atoms with E-state index >= 15 is 0 Å². The average Bonchev–Trinajstić information content (AvgIpc) is 2.86. The third kappa shape index (κ3) is 3.68. The number of hydrogen-bond donors (Lipinski definition) is 0. The number of nitrogens with zero attached hydrogens (tertiary/aromatic N) is 2. The monoisotopic (exact) mass is 282 g/mol. The van der Waals surface area contributed by atoms with Crippen LogP contribution in [0.4, 0.5) is 0 Å². The highest BCUT2D eigenvalue weighted by molar-refractivity contribution is 7.99. The highest BCUT2D eigenvalue weighted by Gasteiger charge is 2.05. The van der Waals surface area contributed by atoms with Crippen LogP contribution in [0.25, 0.3) is 0 Å². The number of rotatable bonds is 6. The lowest BCUT2D eigenvalue weighted by Gasteiger charge is -2.04. The lowest BCUT2D eigenvalue weighted by molar-refractivity contribution is 0.252. The molecular formula is C12H14N2O2S2. The van der Waals surface area contributed by atoms with E-state index < -0.39 is 0 Å². The maximum absolute atomic E-state index is 5.57. The van der Waals surface area contributed by atoms with Gasteiger partial charge in [-0.2, -0.15) is 0 Å². The second kappa shape index (κ2) is 6.70. The SMILES string of the molecule is CCSc1ccc(OCc2nnc(SC)o2)cc1. The van der Waals surface area contributed by atoms with Crippen molar-refractivity contribution in [3.8, 4) is 5.75 Å². The van der Waals surface area contributed by atoms with E-state index in [9.17, 15) is 0 Å². The summed E-state index contributed by atoms with van der Waals surface area (Å²) in [5, 5.41) is 8.29. The predicted molar refractivity (Wildman–Crippen MR) is 73.3 cm³/mol. The van der Waals surface area contributed by atoms with Gasteiger partial charge in [-0.1, -0.05) is 18.7 Å². The molecule has 96 valence electrons. The Balaban J connectivity index is 1.89. The Morgan fingerprint density at radius 1 is 1.22 bits per heavy atom. The molecule has 0 saturated carbocycles. The molecule has 0 N–H and O–H groups in total. The van der Waals surface area contributed by atoms with Gasteiger partial charge in [-0.15, -0.1) is 22.0 Å². The molecule has 1 aromatic carbocycles. The minimum atomic E-state index is 0.299. The quantitative estimate of drug-likeness (QED) is 0.756. The minimum Gasteiger partial charge on any atom is -0.484 e. The fraction of sp³-hybridized carbons (Fsp3) is 0.333. The summed E-state index contributed by atoms with van der Waals surface area (Å²) in [5.41, 5.74) is 0. The first-order chi connectivity index (χ1) is 8.81. The van der Waals surface area contributed by atoms with Crippen LogP contribution < -0.4 is 4.74 Å². The third-order valence-electron chi connectivity index (χ3n) is 2.12. The minimum absolute atomic E-state index is 0.299. The van der Waals surface area contributed by atoms with Crippen molar-refractivity contribution >= 4 is 23.5 Å². The van der Waals surface area contributed by atoms with E-state index in [4.69, 9.17) is 9.15 Å². The fourth-order valence-electron chi connectivity index (χ4n) is 1.32. The molecule has 0 aliphatic rings. The van der Waals surface area contributed by atoms with Crippen molar-refractivity contribution in [2.24, 2.45) is 0 Å². The zero-order valence-corrected chi connectivity index (χ0v) is 11.9. The van der Waals surface area contributed by atoms with Crippen molar-refractivity contribution in [2.45, 2.75) is 23.6 Å². The molecule has 2 aromatic rings. The maximum atomic E-state index is 5.57. The Bertz CT molecular complexity index is 485. The van der Waals surface area contributed by atoms with Gasteiger partial charge in [0.1, 0.15) is 5.75 Å². The van der Waals surface area contributed by atoms with Crippen molar-refractivity contribution in [1.29, 1.82) is 0 Å². The first-order valence-corrected chi connectivity index (χ1v) is 7.75. The smallest absolute Gasteiger partial charge is 0.276 e. The summed E-state index contributed by atoms with van der Waals surface area (Å²) in [4.78, 5) is 1.24. The van der Waals surface area contributed by atoms with Gasteiger partial charge >= 0.3 is 0 Å². The van der Waals surface area contributed by atoms with Crippen LogP contribution in [-0.4, -0.2) is 22.2 Å². The molecule has 0 atom stereocenters. The average molecular weight is 282 g/mol. The van der Waals surface area contributed by atoms with Crippen molar-refractivity contribution in [3.63, 3.8) is 0 Å². The molecule has 2 rings (SSSR count). The lowest BCUT2D eigenvalue weighted by atomic mass is 10.3. The van der Waals surface area contributed by atoms with E-state index in [1.54, 1.807) is 11.8 Å². The van der Waals surface area contributed by atoms with E-state index in [1.807, 2.05) is 30.5 Å². The van der Waals surface area contributed by atoms with Crippen LogP contribution in [0.2, 0.25) is 0 Å². The molecular weight excluding hydrogens is 268 g/mol. The van der Waals surface area contributed by atoms with Crippen LogP contribution in [0.1, 0.15) is 12.8 Å². The first kappa shape index (κ1) is 13.3. The van der Waals surface area contributed by atoms with Crippen molar-refractivity contribution < 1.29 is 9.15 Å². The summed E-state index contributed by atoms with van der Waals surface area (Å²) in [6.45, 7) is 2.43. The normalized spacial score (nSPS) is 10.6. The Kier molecular flexibility index (Phi) is 4.95. The maximum Gasteiger partial charge on any atom is 0.276 e. The number of ether oxygens (including phenoxy) is 1. The molecule has 0 bridgehead atoms. The number of thioether (sulfide) groups is 2. The highest BCUT2D eigenvalue weighted by Crippen LogP contribution is 2.21. The summed E-state index contributed by atoms with van der Waals surface area (Å²) in [7, 11) is 0. The molecule has 0 radical (unpaired) electrons. The van der Waals surface area contributed by atoms with Gasteiger partial charge in [0.25, 0.3) is 11.1 Å². The molecule has 0 aliphatic heterocycles. The van der Waals surface area contributed by atoms with Gasteiger partial charge in [0.15, 0.2) is 6.61 Å². The molecule has 0 fully saturated rings. The van der Waals surface area contributed by atoms with Crippen LogP contribution in [0, 0.1) is 0 Å². The summed E-state index contributed by atoms with van der Waals surface area (Å²) in [6, 6.07) is 7.99. The number of benzene rings is 1. The van der Waals surface area contributed by atoms with Crippen LogP contribution >= 0.6 is 23.5 Å². The van der Waals surface area contributed by atoms with E-state index in [0.717, 1.165) is 11.5 Å². The molecule has 4 nitrogen and oxygen atoms in total. The summed E-state index contributed by atoms with van der Waals surface area (Å²) < 4.78 is 10.9. The molecule has 0 spiro atoms. The molecule has 0 amide bonds. The van der Waals surface area contributed by atoms with Gasteiger partial charge in [-0.25, -0.2) is 0 Å². The molecule has 1 heterocycles. The molecule has 0 aliphatic carbocycles. The van der Waals surface area contributed by atoms with Crippen LogP contribution in [0.3, 0.4) is 0 Å². The lowest BCUT2D eigenvalue weighted by Crippen LogP contribution is -1.95. The molecule has 0 saturated heterocycles. The van der Waals surface area contributed by atoms with E-state index in [2.05, 4.69) is 17.1 Å². The standard InChI is InChI=1S/C12H14N2O2S2/c1-3-18-10-6-4-9(5-7-10)15-8-11-13-14-12(16-11)17-2/h4-7H,3,8H2,1-2H3. The van der Waals surface area contributed by atoms with Gasteiger partial charge < -0.3 is 9.15 Å². The van der Waals surface area contributed by atoms with Gasteiger partial charge in [0, 0.05) is 4.90 Å². The molecule has 6 heteroatoms. The number of aromatic nitrogens is 2. The van der Waals surface area contributed by atoms with Gasteiger partial charge in [-0.3, -0.25) is 0 Å². The Hall–Kier alpha value is -1.14. The summed E-state index contributed by atoms with van der Waals surface area (Å²) in [6.07, 6.45) is 1.89. The highest BCUT2D eigenvalue weighted by atomic mass is 32.2. The summed E-state index contributed by atoms with van der Waals surface area (Å²) in [5.74, 6) is 2.37. The Morgan fingerprint density at radius 2 is 2.00 bits per heavy atom. The first-order valence-electron chi connectivity index (χ1n) is 5.54. The molecule has 1 aromatic heterocycles. The number of hydrogen-bond acceptors (Lipinski definition) is 6. The Labute approximate surface area is 115 Å². The van der Waals surface area contributed by atoms with Gasteiger partial charge in [0.2, 0.25) is 0 Å². The van der Waals surface area contributed by atoms with Crippen molar-refractivity contribution in [1.82, 2.24) is 10.2 Å². The zero-order valence-electron chi connectivity index (χ0n) is 10.3. The molecule has 18 heavy (non-hydrogen) atoms. The van der Waals surface area contributed by atoms with Crippen LogP contribution in [0.15, 0.2) is 38.8 Å². The molecule has 0 unspecified atom stereocenters. The zero-order chi connectivity index (χ0) is 12.8. The van der Waals surface area contributed by atoms with Gasteiger partial charge in [-0.05, 0) is 36.3 Å². The summed E-state index contributed by atoms with van der Waals surface area (Å²) >= 11 is 3.23. The van der Waals surface area contributed by atoms with Crippen LogP contribution in [0.5, 0.6) is 5.75 Å². The van der Waals surface area contributed by atoms with Gasteiger partial charge in [0.05, 0.1) is 0 Å². The van der Waals surface area contributed by atoms with E-state index in [-0.39, 0.29) is 0 Å². The third-order valence-corrected chi connectivity index (χ3v) is 3.53. The van der Waals surface area contributed by atoms with E-state index in [0.29, 0.717) is 17.7 Å². The second-order valence-corrected chi connectivity index (χ2v) is 5.45. The van der Waals surface area contributed by atoms with E-state index in [1.165, 1.54) is 16.7 Å². The Morgan fingerprint density at radius 3 is 2.61 bits per heavy atom. The van der Waals surface area contributed by atoms with Crippen LogP contribution in [-0.2, 0) is 6.61 Å². The topological polar surface area (TPSA) is 48.2 Å². The largest absolute Gasteiger partial charge is 0.484 e. The second-order valence-electron chi connectivity index (χ2n) is 3.36. The van der Waals surface area contributed by atoms with Crippen molar-refractivity contribution in [2.75, 3.05) is 12.0 Å². The van der Waals surface area contributed by atoms with Crippen molar-refractivity contribution in [3.05, 3.63) is 30.2 Å². The fourth-order valence-corrected chi connectivity index (χ4v) is 2.29. The predicted octanol–water partition coefficient (Wildman–Crippen LogP) is 3.48.